The van der Waals surface area contributed by atoms with Gasteiger partial charge in [-0.25, -0.2) is 0 Å². The van der Waals surface area contributed by atoms with E-state index in [1.54, 1.807) is 0 Å². The third-order valence-corrected chi connectivity index (χ3v) is 1.59. The van der Waals surface area contributed by atoms with Gasteiger partial charge in [-0.05, 0) is 20.3 Å². The molecule has 0 atom stereocenters. The van der Waals surface area contributed by atoms with Crippen LogP contribution in [0.1, 0.15) is 20.3 Å². The number of nitrogen functional groups attached to an aromatic ring is 1. The SMILES string of the molecule is CC(C)Oc1nc(N)nc(NCCCO)n1. The summed E-state index contributed by atoms with van der Waals surface area (Å²) in [5.74, 6) is 0.466. The second kappa shape index (κ2) is 6.06. The van der Waals surface area contributed by atoms with Crippen LogP contribution in [0.25, 0.3) is 0 Å². The molecule has 1 aromatic heterocycles. The molecule has 7 nitrogen and oxygen atoms in total. The first kappa shape index (κ1) is 12.4. The molecule has 4 N–H and O–H groups in total. The summed E-state index contributed by atoms with van der Waals surface area (Å²) in [4.78, 5) is 11.8. The lowest BCUT2D eigenvalue weighted by Gasteiger charge is -2.09. The lowest BCUT2D eigenvalue weighted by molar-refractivity contribution is 0.222. The van der Waals surface area contributed by atoms with Crippen molar-refractivity contribution in [3.05, 3.63) is 0 Å². The fourth-order valence-corrected chi connectivity index (χ4v) is 0.994. The van der Waals surface area contributed by atoms with Crippen LogP contribution in [0.5, 0.6) is 6.01 Å². The minimum atomic E-state index is -0.0212. The Kier molecular flexibility index (Phi) is 4.71. The Labute approximate surface area is 94.1 Å². The number of aliphatic hydroxyl groups excluding tert-OH is 1. The number of ether oxygens (including phenoxy) is 1. The molecule has 0 unspecified atom stereocenters. The standard InChI is InChI=1S/C9H17N5O2/c1-6(2)16-9-13-7(10)12-8(14-9)11-4-3-5-15/h6,15H,3-5H2,1-2H3,(H3,10,11,12,13,14). The molecule has 16 heavy (non-hydrogen) atoms. The van der Waals surface area contributed by atoms with Crippen LogP contribution in [0, 0.1) is 0 Å². The van der Waals surface area contributed by atoms with Crippen molar-refractivity contribution in [3.63, 3.8) is 0 Å². The van der Waals surface area contributed by atoms with Crippen molar-refractivity contribution in [2.75, 3.05) is 24.2 Å². The molecule has 0 fully saturated rings. The molecule has 0 bridgehead atoms. The number of nitrogens with two attached hydrogens (primary N) is 1. The van der Waals surface area contributed by atoms with E-state index in [0.717, 1.165) is 0 Å². The fraction of sp³-hybridized carbons (Fsp3) is 0.667. The van der Waals surface area contributed by atoms with Crippen LogP contribution in [0.3, 0.4) is 0 Å². The highest BCUT2D eigenvalue weighted by molar-refractivity contribution is 5.32. The van der Waals surface area contributed by atoms with Crippen molar-refractivity contribution in [1.82, 2.24) is 15.0 Å². The van der Waals surface area contributed by atoms with Gasteiger partial charge in [-0.3, -0.25) is 0 Å². The van der Waals surface area contributed by atoms with Crippen LogP contribution in [0.4, 0.5) is 11.9 Å². The summed E-state index contributed by atoms with van der Waals surface area (Å²) in [6.45, 7) is 4.43. The maximum Gasteiger partial charge on any atom is 0.323 e. The second-order valence-electron chi connectivity index (χ2n) is 3.47. The molecular weight excluding hydrogens is 210 g/mol. The highest BCUT2D eigenvalue weighted by Gasteiger charge is 2.06. The van der Waals surface area contributed by atoms with Gasteiger partial charge in [0.25, 0.3) is 0 Å². The summed E-state index contributed by atoms with van der Waals surface area (Å²) in [5.41, 5.74) is 5.51. The third-order valence-electron chi connectivity index (χ3n) is 1.59. The van der Waals surface area contributed by atoms with Gasteiger partial charge in [-0.15, -0.1) is 0 Å². The van der Waals surface area contributed by atoms with Crippen LogP contribution >= 0.6 is 0 Å². The number of nitrogens with zero attached hydrogens (tertiary/aromatic N) is 3. The molecule has 90 valence electrons. The summed E-state index contributed by atoms with van der Waals surface area (Å²) < 4.78 is 5.31. The lowest BCUT2D eigenvalue weighted by Crippen LogP contribution is -2.13. The smallest absolute Gasteiger partial charge is 0.323 e. The normalized spacial score (nSPS) is 10.5. The maximum atomic E-state index is 8.63. The average molecular weight is 227 g/mol. The van der Waals surface area contributed by atoms with Gasteiger partial charge in [0.1, 0.15) is 0 Å². The van der Waals surface area contributed by atoms with E-state index in [4.69, 9.17) is 15.6 Å². The van der Waals surface area contributed by atoms with Crippen molar-refractivity contribution in [2.45, 2.75) is 26.4 Å². The first-order chi connectivity index (χ1) is 7.61. The van der Waals surface area contributed by atoms with Gasteiger partial charge in [0, 0.05) is 13.2 Å². The maximum absolute atomic E-state index is 8.63. The topological polar surface area (TPSA) is 106 Å². The number of hydrogen-bond acceptors (Lipinski definition) is 7. The zero-order valence-electron chi connectivity index (χ0n) is 9.47. The van der Waals surface area contributed by atoms with E-state index >= 15 is 0 Å². The van der Waals surface area contributed by atoms with Gasteiger partial charge in [0.15, 0.2) is 0 Å². The summed E-state index contributed by atoms with van der Waals surface area (Å²) in [6, 6.07) is 0.203. The summed E-state index contributed by atoms with van der Waals surface area (Å²) in [6.07, 6.45) is 0.596. The molecule has 7 heteroatoms. The molecule has 0 aromatic carbocycles. The average Bonchev–Trinajstić information content (AvgIpc) is 2.16. The molecule has 1 rings (SSSR count). The molecule has 0 aliphatic rings. The third kappa shape index (κ3) is 4.26. The first-order valence-corrected chi connectivity index (χ1v) is 5.14. The first-order valence-electron chi connectivity index (χ1n) is 5.14. The van der Waals surface area contributed by atoms with Crippen LogP contribution < -0.4 is 15.8 Å². The van der Waals surface area contributed by atoms with Crippen molar-refractivity contribution in [1.29, 1.82) is 0 Å². The van der Waals surface area contributed by atoms with Crippen LogP contribution in [0.15, 0.2) is 0 Å². The molecule has 0 radical (unpaired) electrons. The molecule has 0 aliphatic heterocycles. The van der Waals surface area contributed by atoms with Gasteiger partial charge in [0.05, 0.1) is 6.10 Å². The Hall–Kier alpha value is -1.63. The monoisotopic (exact) mass is 227 g/mol. The summed E-state index contributed by atoms with van der Waals surface area (Å²) >= 11 is 0. The Morgan fingerprint density at radius 1 is 1.38 bits per heavy atom. The molecule has 1 aromatic rings. The van der Waals surface area contributed by atoms with E-state index in [2.05, 4.69) is 20.3 Å². The molecule has 0 saturated carbocycles. The van der Waals surface area contributed by atoms with Crippen LogP contribution in [0.2, 0.25) is 0 Å². The van der Waals surface area contributed by atoms with Crippen LogP contribution in [-0.4, -0.2) is 39.3 Å². The Morgan fingerprint density at radius 2 is 2.12 bits per heavy atom. The fourth-order valence-electron chi connectivity index (χ4n) is 0.994. The van der Waals surface area contributed by atoms with Gasteiger partial charge < -0.3 is 20.9 Å². The van der Waals surface area contributed by atoms with Gasteiger partial charge >= 0.3 is 6.01 Å². The van der Waals surface area contributed by atoms with E-state index in [-0.39, 0.29) is 24.7 Å². The molecular formula is C9H17N5O2. The van der Waals surface area contributed by atoms with Crippen molar-refractivity contribution in [3.8, 4) is 6.01 Å². The van der Waals surface area contributed by atoms with E-state index in [9.17, 15) is 0 Å². The largest absolute Gasteiger partial charge is 0.461 e. The zero-order valence-corrected chi connectivity index (χ0v) is 9.47. The summed E-state index contributed by atoms with van der Waals surface area (Å²) in [7, 11) is 0. The van der Waals surface area contributed by atoms with E-state index in [1.807, 2.05) is 13.8 Å². The number of anilines is 2. The van der Waals surface area contributed by atoms with Crippen molar-refractivity contribution in [2.24, 2.45) is 0 Å². The van der Waals surface area contributed by atoms with Gasteiger partial charge in [-0.1, -0.05) is 0 Å². The molecule has 0 saturated heterocycles. The number of nitrogens with one attached hydrogen (secondary N) is 1. The second-order valence-corrected chi connectivity index (χ2v) is 3.47. The number of rotatable bonds is 6. The Bertz CT molecular complexity index is 332. The van der Waals surface area contributed by atoms with Crippen molar-refractivity contribution < 1.29 is 9.84 Å². The molecule has 0 spiro atoms. The predicted molar refractivity (Wildman–Crippen MR) is 60.2 cm³/mol. The lowest BCUT2D eigenvalue weighted by atomic mass is 10.4. The Balaban J connectivity index is 2.65. The predicted octanol–water partition coefficient (Wildman–Crippen LogP) is 0.0353. The van der Waals surface area contributed by atoms with Gasteiger partial charge in [0.2, 0.25) is 11.9 Å². The Morgan fingerprint density at radius 3 is 2.75 bits per heavy atom. The number of hydrogen-bond donors (Lipinski definition) is 3. The highest BCUT2D eigenvalue weighted by Crippen LogP contribution is 2.10. The molecule has 1 heterocycles. The number of aromatic nitrogens is 3. The zero-order chi connectivity index (χ0) is 12.0. The van der Waals surface area contributed by atoms with Gasteiger partial charge in [-0.2, -0.15) is 15.0 Å². The minimum absolute atomic E-state index is 0.0212. The summed E-state index contributed by atoms with van der Waals surface area (Å²) in [5, 5.41) is 11.5. The van der Waals surface area contributed by atoms with E-state index < -0.39 is 0 Å². The highest BCUT2D eigenvalue weighted by atomic mass is 16.5. The van der Waals surface area contributed by atoms with Crippen molar-refractivity contribution >= 4 is 11.9 Å². The van der Waals surface area contributed by atoms with E-state index in [0.29, 0.717) is 18.9 Å². The minimum Gasteiger partial charge on any atom is -0.461 e. The quantitative estimate of drug-likeness (QED) is 0.589. The number of aliphatic hydroxyl groups is 1. The molecule has 0 amide bonds. The van der Waals surface area contributed by atoms with E-state index in [1.165, 1.54) is 0 Å². The molecule has 0 aliphatic carbocycles. The van der Waals surface area contributed by atoms with Crippen LogP contribution in [-0.2, 0) is 0 Å².